The number of aromatic nitrogens is 1. The number of benzene rings is 2. The van der Waals surface area contributed by atoms with Gasteiger partial charge in [-0.1, -0.05) is 23.7 Å². The fourth-order valence-electron chi connectivity index (χ4n) is 6.27. The first kappa shape index (κ1) is 21.1. The standard InChI is InChI=1S/C27H29ClN2O3/c1-17-24(26(31)32-16-18-6-8-20(28)9-7-18)25-21-15-19-5-4-14-30-13-3-2-12-27(19,30)33-23(21)11-10-22(25)29-17/h6-11,19,29H,2-5,12-16H2,1H3. The second-order valence-electron chi connectivity index (χ2n) is 9.73. The highest BCUT2D eigenvalue weighted by molar-refractivity contribution is 6.30. The van der Waals surface area contributed by atoms with Crippen molar-refractivity contribution in [3.05, 3.63) is 63.8 Å². The van der Waals surface area contributed by atoms with E-state index in [0.29, 0.717) is 16.5 Å². The number of aromatic amines is 1. The summed E-state index contributed by atoms with van der Waals surface area (Å²) in [4.78, 5) is 19.2. The van der Waals surface area contributed by atoms with Gasteiger partial charge in [0.1, 0.15) is 12.4 Å². The number of esters is 1. The summed E-state index contributed by atoms with van der Waals surface area (Å²) in [6, 6.07) is 11.5. The van der Waals surface area contributed by atoms with E-state index in [4.69, 9.17) is 21.1 Å². The Kier molecular flexibility index (Phi) is 5.15. The summed E-state index contributed by atoms with van der Waals surface area (Å²) in [5.41, 5.74) is 4.34. The van der Waals surface area contributed by atoms with Gasteiger partial charge in [-0.2, -0.15) is 0 Å². The smallest absolute Gasteiger partial charge is 0.340 e. The fraction of sp³-hybridized carbons (Fsp3) is 0.444. The third-order valence-electron chi connectivity index (χ3n) is 7.81. The van der Waals surface area contributed by atoms with Gasteiger partial charge < -0.3 is 14.5 Å². The minimum absolute atomic E-state index is 0.169. The molecule has 1 N–H and O–H groups in total. The lowest BCUT2D eigenvalue weighted by Gasteiger charge is -2.56. The van der Waals surface area contributed by atoms with Gasteiger partial charge in [-0.25, -0.2) is 4.79 Å². The number of H-pyrrole nitrogens is 1. The Morgan fingerprint density at radius 2 is 2.00 bits per heavy atom. The molecule has 2 atom stereocenters. The van der Waals surface area contributed by atoms with Crippen LogP contribution in [0.1, 0.15) is 59.3 Å². The summed E-state index contributed by atoms with van der Waals surface area (Å²) < 4.78 is 12.6. The van der Waals surface area contributed by atoms with Crippen molar-refractivity contribution in [2.75, 3.05) is 13.1 Å². The predicted octanol–water partition coefficient (Wildman–Crippen LogP) is 6.01. The van der Waals surface area contributed by atoms with E-state index in [9.17, 15) is 4.79 Å². The molecule has 2 unspecified atom stereocenters. The summed E-state index contributed by atoms with van der Waals surface area (Å²) in [6.45, 7) is 4.41. The van der Waals surface area contributed by atoms with Gasteiger partial charge in [-0.15, -0.1) is 0 Å². The molecule has 2 saturated heterocycles. The van der Waals surface area contributed by atoms with Crippen LogP contribution in [0.25, 0.3) is 10.9 Å². The van der Waals surface area contributed by atoms with E-state index in [0.717, 1.165) is 59.4 Å². The average molecular weight is 465 g/mol. The Morgan fingerprint density at radius 3 is 2.85 bits per heavy atom. The Balaban J connectivity index is 1.36. The molecule has 1 spiro atoms. The van der Waals surface area contributed by atoms with E-state index in [-0.39, 0.29) is 18.3 Å². The topological polar surface area (TPSA) is 54.6 Å². The number of rotatable bonds is 3. The van der Waals surface area contributed by atoms with E-state index in [1.807, 2.05) is 37.3 Å². The molecule has 33 heavy (non-hydrogen) atoms. The van der Waals surface area contributed by atoms with Gasteiger partial charge in [0.05, 0.1) is 5.56 Å². The van der Waals surface area contributed by atoms with Gasteiger partial charge in [0.25, 0.3) is 0 Å². The number of nitrogens with one attached hydrogen (secondary N) is 1. The molecule has 1 aromatic heterocycles. The summed E-state index contributed by atoms with van der Waals surface area (Å²) >= 11 is 5.97. The number of nitrogens with zero attached hydrogens (tertiary/aromatic N) is 1. The molecule has 2 fully saturated rings. The molecule has 3 aliphatic rings. The van der Waals surface area contributed by atoms with E-state index >= 15 is 0 Å². The van der Waals surface area contributed by atoms with E-state index in [1.54, 1.807) is 0 Å². The number of carbonyl (C=O) groups excluding carboxylic acids is 1. The first-order chi connectivity index (χ1) is 16.0. The zero-order chi connectivity index (χ0) is 22.6. The molecule has 2 aromatic carbocycles. The zero-order valence-electron chi connectivity index (χ0n) is 19.0. The zero-order valence-corrected chi connectivity index (χ0v) is 19.7. The largest absolute Gasteiger partial charge is 0.472 e. The second kappa shape index (κ2) is 8.07. The molecular formula is C27H29ClN2O3. The molecule has 0 radical (unpaired) electrons. The Morgan fingerprint density at radius 1 is 1.18 bits per heavy atom. The average Bonchev–Trinajstić information content (AvgIpc) is 3.17. The van der Waals surface area contributed by atoms with Crippen LogP contribution in [0.4, 0.5) is 0 Å². The van der Waals surface area contributed by atoms with E-state index < -0.39 is 0 Å². The molecule has 0 amide bonds. The lowest BCUT2D eigenvalue weighted by atomic mass is 9.74. The lowest BCUT2D eigenvalue weighted by molar-refractivity contribution is -0.177. The quantitative estimate of drug-likeness (QED) is 0.482. The number of fused-ring (bicyclic) bond motifs is 3. The molecule has 3 aromatic rings. The van der Waals surface area contributed by atoms with Crippen molar-refractivity contribution in [3.8, 4) is 5.75 Å². The van der Waals surface area contributed by atoms with Gasteiger partial charge >= 0.3 is 5.97 Å². The van der Waals surface area contributed by atoms with Crippen LogP contribution < -0.4 is 4.74 Å². The van der Waals surface area contributed by atoms with Crippen LogP contribution in [-0.2, 0) is 17.8 Å². The highest BCUT2D eigenvalue weighted by atomic mass is 35.5. The minimum atomic E-state index is -0.301. The van der Waals surface area contributed by atoms with Crippen molar-refractivity contribution in [1.82, 2.24) is 9.88 Å². The molecular weight excluding hydrogens is 436 g/mol. The maximum Gasteiger partial charge on any atom is 0.340 e. The molecule has 6 heteroatoms. The lowest BCUT2D eigenvalue weighted by Crippen LogP contribution is -2.64. The normalized spacial score (nSPS) is 24.5. The minimum Gasteiger partial charge on any atom is -0.472 e. The van der Waals surface area contributed by atoms with Crippen LogP contribution in [-0.4, -0.2) is 34.7 Å². The fourth-order valence-corrected chi connectivity index (χ4v) is 6.39. The number of carbonyl (C=O) groups is 1. The van der Waals surface area contributed by atoms with Gasteiger partial charge in [0.15, 0.2) is 5.72 Å². The van der Waals surface area contributed by atoms with Crippen molar-refractivity contribution >= 4 is 28.5 Å². The summed E-state index contributed by atoms with van der Waals surface area (Å²) in [6.07, 6.45) is 6.89. The first-order valence-electron chi connectivity index (χ1n) is 12.0. The van der Waals surface area contributed by atoms with Crippen molar-refractivity contribution in [1.29, 1.82) is 0 Å². The number of piperidine rings is 2. The van der Waals surface area contributed by atoms with Gasteiger partial charge in [0, 0.05) is 52.6 Å². The van der Waals surface area contributed by atoms with Crippen LogP contribution in [0, 0.1) is 12.8 Å². The Hall–Kier alpha value is -2.50. The van der Waals surface area contributed by atoms with Crippen molar-refractivity contribution in [2.45, 2.75) is 57.8 Å². The molecule has 0 saturated carbocycles. The number of ether oxygens (including phenoxy) is 2. The Bertz CT molecular complexity index is 1220. The molecule has 6 rings (SSSR count). The molecule has 3 aliphatic heterocycles. The van der Waals surface area contributed by atoms with Crippen LogP contribution in [0.2, 0.25) is 5.02 Å². The maximum atomic E-state index is 13.3. The van der Waals surface area contributed by atoms with Gasteiger partial charge in [-0.05, 0) is 68.9 Å². The number of aryl methyl sites for hydroxylation is 1. The second-order valence-corrected chi connectivity index (χ2v) is 10.2. The third-order valence-corrected chi connectivity index (χ3v) is 8.06. The first-order valence-corrected chi connectivity index (χ1v) is 12.4. The van der Waals surface area contributed by atoms with E-state index in [1.165, 1.54) is 25.7 Å². The molecule has 0 bridgehead atoms. The number of hydrogen-bond acceptors (Lipinski definition) is 4. The predicted molar refractivity (Wildman–Crippen MR) is 129 cm³/mol. The van der Waals surface area contributed by atoms with Crippen LogP contribution in [0.3, 0.4) is 0 Å². The third kappa shape index (κ3) is 3.44. The van der Waals surface area contributed by atoms with Crippen LogP contribution >= 0.6 is 11.6 Å². The SMILES string of the molecule is Cc1[nH]c2ccc3c(c2c1C(=O)OCc1ccc(Cl)cc1)CC1CCCN2CCCCC12O3. The highest BCUT2D eigenvalue weighted by Gasteiger charge is 2.52. The van der Waals surface area contributed by atoms with Crippen molar-refractivity contribution in [2.24, 2.45) is 5.92 Å². The molecule has 0 aliphatic carbocycles. The summed E-state index contributed by atoms with van der Waals surface area (Å²) in [7, 11) is 0. The van der Waals surface area contributed by atoms with Crippen molar-refractivity contribution in [3.63, 3.8) is 0 Å². The molecule has 5 nitrogen and oxygen atoms in total. The molecule has 4 heterocycles. The van der Waals surface area contributed by atoms with E-state index in [2.05, 4.69) is 16.0 Å². The summed E-state index contributed by atoms with van der Waals surface area (Å²) in [5, 5.41) is 1.63. The monoisotopic (exact) mass is 464 g/mol. The van der Waals surface area contributed by atoms with Crippen molar-refractivity contribution < 1.29 is 14.3 Å². The Labute approximate surface area is 199 Å². The highest BCUT2D eigenvalue weighted by Crippen LogP contribution is 2.50. The maximum absolute atomic E-state index is 13.3. The van der Waals surface area contributed by atoms with Crippen LogP contribution in [0.5, 0.6) is 5.75 Å². The number of hydrogen-bond donors (Lipinski definition) is 1. The van der Waals surface area contributed by atoms with Gasteiger partial charge in [-0.3, -0.25) is 4.90 Å². The molecule has 172 valence electrons. The summed E-state index contributed by atoms with van der Waals surface area (Å²) in [5.74, 6) is 1.08. The van der Waals surface area contributed by atoms with Crippen LogP contribution in [0.15, 0.2) is 36.4 Å². The number of halogens is 1. The van der Waals surface area contributed by atoms with Gasteiger partial charge in [0.2, 0.25) is 0 Å².